The van der Waals surface area contributed by atoms with Crippen LogP contribution < -0.4 is 0 Å². The third kappa shape index (κ3) is 2.36. The zero-order valence-corrected chi connectivity index (χ0v) is 18.6. The van der Waals surface area contributed by atoms with E-state index in [4.69, 9.17) is 4.98 Å². The van der Waals surface area contributed by atoms with Crippen LogP contribution >= 0.6 is 11.3 Å². The minimum atomic E-state index is -0.0783. The summed E-state index contributed by atoms with van der Waals surface area (Å²) in [6.07, 6.45) is 0. The van der Waals surface area contributed by atoms with E-state index in [1.165, 1.54) is 16.7 Å². The first-order valence-electron chi connectivity index (χ1n) is 8.39. The van der Waals surface area contributed by atoms with Crippen LogP contribution in [0, 0.1) is 0 Å². The first kappa shape index (κ1) is 17.4. The molecule has 124 valence electrons. The van der Waals surface area contributed by atoms with Crippen LogP contribution in [0.5, 0.6) is 5.75 Å². The minimum Gasteiger partial charge on any atom is -0.507 e. The van der Waals surface area contributed by atoms with Crippen LogP contribution in [0.1, 0.15) is 25.0 Å². The molecule has 0 aliphatic heterocycles. The molecule has 0 saturated carbocycles. The summed E-state index contributed by atoms with van der Waals surface area (Å²) in [7, 11) is 0. The molecule has 0 unspecified atom stereocenters. The van der Waals surface area contributed by atoms with Crippen molar-refractivity contribution < 1.29 is 24.6 Å². The molecule has 4 heteroatoms. The minimum absolute atomic E-state index is 0. The van der Waals surface area contributed by atoms with Crippen molar-refractivity contribution in [3.63, 3.8) is 0 Å². The summed E-state index contributed by atoms with van der Waals surface area (Å²) in [5, 5.41) is 11.6. The molecule has 26 heavy (non-hydrogen) atoms. The number of nitrogens with zero attached hydrogens (tertiary/aromatic N) is 1. The van der Waals surface area contributed by atoms with Crippen molar-refractivity contribution in [1.29, 1.82) is 0 Å². The summed E-state index contributed by atoms with van der Waals surface area (Å²) >= 11 is 1.62. The van der Waals surface area contributed by atoms with Crippen molar-refractivity contribution >= 4 is 21.6 Å². The number of phenolic OH excluding ortho intramolecular Hbond substituents is 1. The summed E-state index contributed by atoms with van der Waals surface area (Å²) in [5.74, 6) is 0.297. The average molecular weight is 409 g/mol. The second kappa shape index (κ2) is 6.01. The van der Waals surface area contributed by atoms with Crippen LogP contribution in [-0.4, -0.2) is 10.1 Å². The van der Waals surface area contributed by atoms with E-state index in [9.17, 15) is 5.11 Å². The molecule has 1 aliphatic carbocycles. The van der Waals surface area contributed by atoms with E-state index >= 15 is 0 Å². The fourth-order valence-electron chi connectivity index (χ4n) is 3.89. The largest absolute Gasteiger partial charge is 0.507 e. The average Bonchev–Trinajstić information content (AvgIpc) is 3.13. The van der Waals surface area contributed by atoms with Gasteiger partial charge in [-0.05, 0) is 46.5 Å². The van der Waals surface area contributed by atoms with Crippen LogP contribution in [0.15, 0.2) is 60.7 Å². The number of fused-ring (bicyclic) bond motifs is 4. The summed E-state index contributed by atoms with van der Waals surface area (Å²) in [6, 6.07) is 20.6. The molecular formula is C22H17NOSZn. The van der Waals surface area contributed by atoms with Crippen molar-refractivity contribution in [3.8, 4) is 27.4 Å². The molecule has 4 aromatic rings. The Labute approximate surface area is 169 Å². The Hall–Kier alpha value is -2.03. The maximum Gasteiger partial charge on any atom is 0.128 e. The van der Waals surface area contributed by atoms with E-state index in [0.29, 0.717) is 5.75 Å². The summed E-state index contributed by atoms with van der Waals surface area (Å²) in [4.78, 5) is 4.72. The summed E-state index contributed by atoms with van der Waals surface area (Å²) < 4.78 is 1.14. The van der Waals surface area contributed by atoms with Crippen LogP contribution in [0.25, 0.3) is 31.9 Å². The fourth-order valence-corrected chi connectivity index (χ4v) is 4.89. The number of hydrogen-bond donors (Lipinski definition) is 1. The van der Waals surface area contributed by atoms with Gasteiger partial charge in [-0.1, -0.05) is 50.2 Å². The van der Waals surface area contributed by atoms with Gasteiger partial charge in [-0.2, -0.15) is 0 Å². The predicted octanol–water partition coefficient (Wildman–Crippen LogP) is 5.97. The number of aromatic hydroxyl groups is 1. The van der Waals surface area contributed by atoms with Gasteiger partial charge >= 0.3 is 0 Å². The van der Waals surface area contributed by atoms with Gasteiger partial charge in [-0.15, -0.1) is 11.3 Å². The number of phenols is 1. The number of aromatic nitrogens is 1. The first-order valence-corrected chi connectivity index (χ1v) is 9.20. The molecule has 0 radical (unpaired) electrons. The Balaban J connectivity index is 0.00000168. The third-order valence-electron chi connectivity index (χ3n) is 5.22. The summed E-state index contributed by atoms with van der Waals surface area (Å²) in [5.41, 5.74) is 6.62. The molecule has 1 N–H and O–H groups in total. The second-order valence-electron chi connectivity index (χ2n) is 7.07. The normalized spacial score (nSPS) is 13.9. The molecule has 2 nitrogen and oxygen atoms in total. The van der Waals surface area contributed by atoms with E-state index in [1.54, 1.807) is 11.3 Å². The molecular weight excluding hydrogens is 392 g/mol. The predicted molar refractivity (Wildman–Crippen MR) is 104 cm³/mol. The topological polar surface area (TPSA) is 33.1 Å². The number of para-hydroxylation sites is 1. The van der Waals surface area contributed by atoms with E-state index in [0.717, 1.165) is 26.4 Å². The Kier molecular flexibility index (Phi) is 4.02. The van der Waals surface area contributed by atoms with Crippen molar-refractivity contribution in [3.05, 3.63) is 71.8 Å². The number of thiazole rings is 1. The van der Waals surface area contributed by atoms with E-state index in [-0.39, 0.29) is 24.9 Å². The van der Waals surface area contributed by atoms with E-state index < -0.39 is 0 Å². The molecule has 1 heterocycles. The maximum atomic E-state index is 10.7. The van der Waals surface area contributed by atoms with Gasteiger partial charge in [0.15, 0.2) is 0 Å². The Bertz CT molecular complexity index is 1110. The number of hydrogen-bond acceptors (Lipinski definition) is 3. The van der Waals surface area contributed by atoms with Gasteiger partial charge < -0.3 is 5.11 Å². The molecule has 1 aliphatic rings. The zero-order chi connectivity index (χ0) is 17.2. The number of benzene rings is 3. The molecule has 0 spiro atoms. The molecule has 0 atom stereocenters. The second-order valence-corrected chi connectivity index (χ2v) is 8.10. The van der Waals surface area contributed by atoms with Gasteiger partial charge in [-0.3, -0.25) is 0 Å². The third-order valence-corrected chi connectivity index (χ3v) is 6.29. The quantitative estimate of drug-likeness (QED) is 0.393. The number of rotatable bonds is 1. The van der Waals surface area contributed by atoms with Crippen molar-refractivity contribution in [2.45, 2.75) is 19.3 Å². The maximum absolute atomic E-state index is 10.7. The van der Waals surface area contributed by atoms with Crippen molar-refractivity contribution in [1.82, 2.24) is 4.98 Å². The fraction of sp³-hybridized carbons (Fsp3) is 0.136. The van der Waals surface area contributed by atoms with Crippen LogP contribution in [0.3, 0.4) is 0 Å². The smallest absolute Gasteiger partial charge is 0.128 e. The SMILES string of the molecule is CC1(C)c2ccccc2-c2cc(O)c(-c3nc4ccccc4s3)cc21.[Zn]. The van der Waals surface area contributed by atoms with Crippen LogP contribution in [0.4, 0.5) is 0 Å². The molecule has 0 amide bonds. The van der Waals surface area contributed by atoms with Crippen molar-refractivity contribution in [2.24, 2.45) is 0 Å². The molecule has 5 rings (SSSR count). The van der Waals surface area contributed by atoms with Gasteiger partial charge in [0.1, 0.15) is 10.8 Å². The zero-order valence-electron chi connectivity index (χ0n) is 14.8. The standard InChI is InChI=1S/C22H17NOS.Zn/c1-22(2)16-8-4-3-7-13(16)14-12-19(24)15(11-17(14)22)21-23-18-9-5-6-10-20(18)25-21;/h3-12,24H,1-2H3;. The van der Waals surface area contributed by atoms with Gasteiger partial charge in [0, 0.05) is 24.9 Å². The molecule has 0 fully saturated rings. The van der Waals surface area contributed by atoms with Crippen LogP contribution in [0.2, 0.25) is 0 Å². The molecule has 0 bridgehead atoms. The molecule has 3 aromatic carbocycles. The van der Waals surface area contributed by atoms with Gasteiger partial charge in [0.2, 0.25) is 0 Å². The summed E-state index contributed by atoms with van der Waals surface area (Å²) in [6.45, 7) is 4.49. The van der Waals surface area contributed by atoms with Crippen molar-refractivity contribution in [2.75, 3.05) is 0 Å². The molecule has 1 aromatic heterocycles. The monoisotopic (exact) mass is 407 g/mol. The first-order chi connectivity index (χ1) is 12.1. The Morgan fingerprint density at radius 3 is 2.38 bits per heavy atom. The van der Waals surface area contributed by atoms with Gasteiger partial charge in [-0.25, -0.2) is 4.98 Å². The Morgan fingerprint density at radius 1 is 0.846 bits per heavy atom. The van der Waals surface area contributed by atoms with Crippen LogP contribution in [-0.2, 0) is 24.9 Å². The van der Waals surface area contributed by atoms with Gasteiger partial charge in [0.05, 0.1) is 15.8 Å². The van der Waals surface area contributed by atoms with Gasteiger partial charge in [0.25, 0.3) is 0 Å². The van der Waals surface area contributed by atoms with E-state index in [1.807, 2.05) is 24.3 Å². The van der Waals surface area contributed by atoms with E-state index in [2.05, 4.69) is 50.2 Å². The molecule has 0 saturated heterocycles. The Morgan fingerprint density at radius 2 is 1.58 bits per heavy atom.